The highest BCUT2D eigenvalue weighted by Crippen LogP contribution is 2.33. The van der Waals surface area contributed by atoms with E-state index in [9.17, 15) is 17.6 Å². The van der Waals surface area contributed by atoms with E-state index in [-0.39, 0.29) is 22.4 Å². The van der Waals surface area contributed by atoms with Crippen LogP contribution in [0.1, 0.15) is 32.3 Å². The summed E-state index contributed by atoms with van der Waals surface area (Å²) in [5, 5.41) is 0. The van der Waals surface area contributed by atoms with Crippen LogP contribution in [0.3, 0.4) is 0 Å². The van der Waals surface area contributed by atoms with Crippen molar-refractivity contribution >= 4 is 6.08 Å². The molecule has 0 saturated carbocycles. The van der Waals surface area contributed by atoms with Crippen molar-refractivity contribution in [2.75, 3.05) is 0 Å². The van der Waals surface area contributed by atoms with Crippen molar-refractivity contribution in [1.29, 1.82) is 0 Å². The van der Waals surface area contributed by atoms with Crippen LogP contribution in [-0.4, -0.2) is 0 Å². The molecule has 0 spiro atoms. The van der Waals surface area contributed by atoms with Crippen molar-refractivity contribution < 1.29 is 22.3 Å². The highest BCUT2D eigenvalue weighted by Gasteiger charge is 2.20. The Kier molecular flexibility index (Phi) is 6.39. The summed E-state index contributed by atoms with van der Waals surface area (Å²) in [4.78, 5) is 0. The normalized spacial score (nSPS) is 11.6. The smallest absolute Gasteiger partial charge is 0.201 e. The Balaban J connectivity index is 2.45. The van der Waals surface area contributed by atoms with Crippen molar-refractivity contribution in [2.24, 2.45) is 0 Å². The van der Waals surface area contributed by atoms with Crippen molar-refractivity contribution in [2.45, 2.75) is 26.7 Å². The van der Waals surface area contributed by atoms with E-state index in [2.05, 4.69) is 0 Å². The molecule has 0 aliphatic heterocycles. The average molecular weight is 350 g/mol. The average Bonchev–Trinajstić information content (AvgIpc) is 2.61. The predicted molar refractivity (Wildman–Crippen MR) is 91.1 cm³/mol. The van der Waals surface area contributed by atoms with Gasteiger partial charge in [-0.3, -0.25) is 0 Å². The third-order valence-electron chi connectivity index (χ3n) is 3.53. The molecule has 2 rings (SSSR count). The summed E-state index contributed by atoms with van der Waals surface area (Å²) in [7, 11) is 0. The number of hydrogen-bond donors (Lipinski definition) is 0. The van der Waals surface area contributed by atoms with E-state index in [1.54, 1.807) is 13.0 Å². The molecule has 0 N–H and O–H groups in total. The largest absolute Gasteiger partial charge is 0.462 e. The van der Waals surface area contributed by atoms with Gasteiger partial charge in [-0.1, -0.05) is 43.7 Å². The first kappa shape index (κ1) is 18.8. The van der Waals surface area contributed by atoms with Gasteiger partial charge in [0.1, 0.15) is 0 Å². The van der Waals surface area contributed by atoms with Gasteiger partial charge in [-0.05, 0) is 25.5 Å². The molecule has 0 atom stereocenters. The highest BCUT2D eigenvalue weighted by atomic mass is 19.2. The fourth-order valence-electron chi connectivity index (χ4n) is 2.25. The zero-order chi connectivity index (χ0) is 18.4. The van der Waals surface area contributed by atoms with Crippen molar-refractivity contribution in [3.05, 3.63) is 71.5 Å². The summed E-state index contributed by atoms with van der Waals surface area (Å²) in [5.74, 6) is -5.21. The molecular formula is C20H18F4O. The molecule has 25 heavy (non-hydrogen) atoms. The fourth-order valence-corrected chi connectivity index (χ4v) is 2.25. The van der Waals surface area contributed by atoms with Crippen LogP contribution in [0.4, 0.5) is 17.6 Å². The first-order valence-corrected chi connectivity index (χ1v) is 7.92. The standard InChI is InChI=1S/C20H18F4O/c1-3-5-6-7-13-8-9-14(18(22)17(13)21)15-10-11-16(25-12-4-2)20(24)19(15)23/h4,6-12H,3,5H2,1-2H3/b7-6+,12-4+. The lowest BCUT2D eigenvalue weighted by Gasteiger charge is -2.10. The Hall–Kier alpha value is -2.56. The van der Waals surface area contributed by atoms with Gasteiger partial charge in [0.05, 0.1) is 6.26 Å². The molecule has 0 saturated heterocycles. The van der Waals surface area contributed by atoms with Crippen LogP contribution in [0.2, 0.25) is 0 Å². The van der Waals surface area contributed by atoms with E-state index in [1.165, 1.54) is 36.6 Å². The second-order valence-electron chi connectivity index (χ2n) is 5.35. The topological polar surface area (TPSA) is 9.23 Å². The van der Waals surface area contributed by atoms with Crippen LogP contribution >= 0.6 is 0 Å². The quantitative estimate of drug-likeness (QED) is 0.419. The maximum Gasteiger partial charge on any atom is 0.201 e. The van der Waals surface area contributed by atoms with Crippen LogP contribution in [0.15, 0.2) is 42.7 Å². The zero-order valence-electron chi connectivity index (χ0n) is 14.0. The van der Waals surface area contributed by atoms with E-state index in [4.69, 9.17) is 4.74 Å². The van der Waals surface area contributed by atoms with Crippen LogP contribution in [-0.2, 0) is 0 Å². The first-order chi connectivity index (χ1) is 12.0. The van der Waals surface area contributed by atoms with E-state index >= 15 is 0 Å². The van der Waals surface area contributed by atoms with E-state index < -0.39 is 23.3 Å². The summed E-state index contributed by atoms with van der Waals surface area (Å²) in [6, 6.07) is 4.89. The second-order valence-corrected chi connectivity index (χ2v) is 5.35. The molecular weight excluding hydrogens is 332 g/mol. The lowest BCUT2D eigenvalue weighted by atomic mass is 10.0. The van der Waals surface area contributed by atoms with Gasteiger partial charge in [0, 0.05) is 16.7 Å². The molecule has 0 aliphatic carbocycles. The number of hydrogen-bond acceptors (Lipinski definition) is 1. The van der Waals surface area contributed by atoms with Crippen LogP contribution in [0, 0.1) is 23.3 Å². The number of halogens is 4. The fraction of sp³-hybridized carbons (Fsp3) is 0.200. The summed E-state index contributed by atoms with van der Waals surface area (Å²) in [6.45, 7) is 3.61. The summed E-state index contributed by atoms with van der Waals surface area (Å²) in [5.41, 5.74) is -0.659. The Labute approximate surface area is 144 Å². The molecule has 0 radical (unpaired) electrons. The SMILES string of the molecule is C/C=C/Oc1ccc(-c2ccc(/C=C/CCC)c(F)c2F)c(F)c1F. The monoisotopic (exact) mass is 350 g/mol. The lowest BCUT2D eigenvalue weighted by molar-refractivity contribution is 0.415. The molecule has 0 bridgehead atoms. The number of ether oxygens (including phenoxy) is 1. The van der Waals surface area contributed by atoms with Crippen LogP contribution in [0.5, 0.6) is 5.75 Å². The summed E-state index contributed by atoms with van der Waals surface area (Å²) < 4.78 is 61.7. The Morgan fingerprint density at radius 2 is 1.52 bits per heavy atom. The van der Waals surface area contributed by atoms with Crippen LogP contribution in [0.25, 0.3) is 17.2 Å². The lowest BCUT2D eigenvalue weighted by Crippen LogP contribution is -1.98. The maximum atomic E-state index is 14.3. The molecule has 0 unspecified atom stereocenters. The van der Waals surface area contributed by atoms with E-state index in [0.29, 0.717) is 0 Å². The third kappa shape index (κ3) is 4.10. The molecule has 0 aromatic heterocycles. The van der Waals surface area contributed by atoms with Gasteiger partial charge < -0.3 is 4.74 Å². The van der Waals surface area contributed by atoms with Crippen LogP contribution < -0.4 is 4.74 Å². The first-order valence-electron chi connectivity index (χ1n) is 7.92. The molecule has 0 amide bonds. The molecule has 1 nitrogen and oxygen atoms in total. The Morgan fingerprint density at radius 1 is 0.880 bits per heavy atom. The van der Waals surface area contributed by atoms with Gasteiger partial charge in [0.25, 0.3) is 0 Å². The van der Waals surface area contributed by atoms with Gasteiger partial charge in [-0.15, -0.1) is 0 Å². The number of allylic oxidation sites excluding steroid dienone is 2. The summed E-state index contributed by atoms with van der Waals surface area (Å²) in [6.07, 6.45) is 7.50. The van der Waals surface area contributed by atoms with Gasteiger partial charge in [-0.2, -0.15) is 4.39 Å². The molecule has 0 aliphatic rings. The van der Waals surface area contributed by atoms with E-state index in [1.807, 2.05) is 6.92 Å². The molecule has 2 aromatic rings. The minimum atomic E-state index is -1.30. The molecule has 0 fully saturated rings. The van der Waals surface area contributed by atoms with Gasteiger partial charge >= 0.3 is 0 Å². The van der Waals surface area contributed by atoms with Crippen molar-refractivity contribution in [3.8, 4) is 16.9 Å². The zero-order valence-corrected chi connectivity index (χ0v) is 14.0. The van der Waals surface area contributed by atoms with Gasteiger partial charge in [-0.25, -0.2) is 13.2 Å². The Morgan fingerprint density at radius 3 is 2.16 bits per heavy atom. The van der Waals surface area contributed by atoms with Gasteiger partial charge in [0.15, 0.2) is 23.2 Å². The van der Waals surface area contributed by atoms with Gasteiger partial charge in [0.2, 0.25) is 5.82 Å². The molecule has 5 heteroatoms. The summed E-state index contributed by atoms with van der Waals surface area (Å²) >= 11 is 0. The molecule has 2 aromatic carbocycles. The Bertz CT molecular complexity index is 810. The van der Waals surface area contributed by atoms with Crippen molar-refractivity contribution in [3.63, 3.8) is 0 Å². The maximum absolute atomic E-state index is 14.3. The van der Waals surface area contributed by atoms with Crippen molar-refractivity contribution in [1.82, 2.24) is 0 Å². The molecule has 132 valence electrons. The second kappa shape index (κ2) is 8.51. The predicted octanol–water partition coefficient (Wildman–Crippen LogP) is 6.64. The highest BCUT2D eigenvalue weighted by molar-refractivity contribution is 5.68. The number of rotatable bonds is 6. The molecule has 0 heterocycles. The number of unbranched alkanes of at least 4 members (excludes halogenated alkanes) is 1. The van der Waals surface area contributed by atoms with E-state index in [0.717, 1.165) is 18.9 Å². The number of benzene rings is 2. The minimum absolute atomic E-state index is 0.0589. The third-order valence-corrected chi connectivity index (χ3v) is 3.53. The minimum Gasteiger partial charge on any atom is -0.462 e.